The lowest BCUT2D eigenvalue weighted by molar-refractivity contribution is -0.0794. The van der Waals surface area contributed by atoms with Gasteiger partial charge >= 0.3 is 5.97 Å². The predicted molar refractivity (Wildman–Crippen MR) is 89.7 cm³/mol. The Balaban J connectivity index is 1.79. The molecular weight excluding hydrogens is 304 g/mol. The highest BCUT2D eigenvalue weighted by molar-refractivity contribution is 5.89. The van der Waals surface area contributed by atoms with Crippen molar-refractivity contribution < 1.29 is 14.3 Å². The minimum absolute atomic E-state index is 0.159. The highest BCUT2D eigenvalue weighted by Crippen LogP contribution is 2.22. The van der Waals surface area contributed by atoms with Gasteiger partial charge in [-0.3, -0.25) is 4.57 Å². The van der Waals surface area contributed by atoms with Crippen molar-refractivity contribution in [1.29, 1.82) is 0 Å². The Labute approximate surface area is 140 Å². The molecule has 3 aromatic rings. The Bertz CT molecular complexity index is 773. The van der Waals surface area contributed by atoms with E-state index in [-0.39, 0.29) is 6.61 Å². The van der Waals surface area contributed by atoms with Crippen LogP contribution >= 0.6 is 0 Å². The molecule has 0 saturated carbocycles. The maximum atomic E-state index is 12.5. The monoisotopic (exact) mass is 322 g/mol. The molecule has 1 unspecified atom stereocenters. The van der Waals surface area contributed by atoms with Gasteiger partial charge in [0.15, 0.2) is 0 Å². The highest BCUT2D eigenvalue weighted by atomic mass is 16.6. The number of para-hydroxylation sites is 1. The van der Waals surface area contributed by atoms with Crippen molar-refractivity contribution in [3.8, 4) is 5.75 Å². The number of hydrogen-bond donors (Lipinski definition) is 0. The summed E-state index contributed by atoms with van der Waals surface area (Å²) < 4.78 is 13.3. The third kappa shape index (κ3) is 3.63. The van der Waals surface area contributed by atoms with E-state index in [0.29, 0.717) is 11.3 Å². The van der Waals surface area contributed by atoms with Crippen LogP contribution in [0.4, 0.5) is 0 Å². The van der Waals surface area contributed by atoms with E-state index in [1.807, 2.05) is 36.4 Å². The van der Waals surface area contributed by atoms with Gasteiger partial charge in [0.1, 0.15) is 12.4 Å². The van der Waals surface area contributed by atoms with Crippen LogP contribution in [0.1, 0.15) is 17.3 Å². The molecule has 0 saturated heterocycles. The van der Waals surface area contributed by atoms with Crippen LogP contribution in [-0.2, 0) is 10.5 Å². The van der Waals surface area contributed by atoms with Crippen LogP contribution in [0.25, 0.3) is 0 Å². The standard InChI is InChI=1S/C19H18N2O3/c1-19(21-13-12-20-15-21,14-23-17-10-6-3-7-11-17)24-18(22)16-8-4-2-5-9-16/h2-13,15H,14H2,1H3. The number of benzene rings is 2. The summed E-state index contributed by atoms with van der Waals surface area (Å²) in [6.45, 7) is 1.95. The van der Waals surface area contributed by atoms with E-state index in [9.17, 15) is 4.79 Å². The molecule has 0 fully saturated rings. The molecular formula is C19H18N2O3. The van der Waals surface area contributed by atoms with E-state index in [4.69, 9.17) is 9.47 Å². The molecule has 0 bridgehead atoms. The number of imidazole rings is 1. The number of hydrogen-bond acceptors (Lipinski definition) is 4. The first kappa shape index (κ1) is 15.8. The molecule has 0 aliphatic carbocycles. The fourth-order valence-corrected chi connectivity index (χ4v) is 2.26. The van der Waals surface area contributed by atoms with E-state index < -0.39 is 11.7 Å². The Hall–Kier alpha value is -3.08. The average Bonchev–Trinajstić information content (AvgIpc) is 3.17. The number of esters is 1. The van der Waals surface area contributed by atoms with E-state index in [1.165, 1.54) is 0 Å². The van der Waals surface area contributed by atoms with Crippen molar-refractivity contribution in [2.45, 2.75) is 12.6 Å². The second-order valence-electron chi connectivity index (χ2n) is 5.50. The second kappa shape index (κ2) is 7.00. The van der Waals surface area contributed by atoms with Gasteiger partial charge in [-0.25, -0.2) is 9.78 Å². The molecule has 3 rings (SSSR count). The molecule has 0 radical (unpaired) electrons. The van der Waals surface area contributed by atoms with Gasteiger partial charge in [0.25, 0.3) is 0 Å². The summed E-state index contributed by atoms with van der Waals surface area (Å²) in [7, 11) is 0. The maximum Gasteiger partial charge on any atom is 0.340 e. The van der Waals surface area contributed by atoms with Crippen molar-refractivity contribution in [2.75, 3.05) is 6.61 Å². The number of aromatic nitrogens is 2. The van der Waals surface area contributed by atoms with Gasteiger partial charge in [-0.15, -0.1) is 0 Å². The van der Waals surface area contributed by atoms with Gasteiger partial charge in [0.2, 0.25) is 5.72 Å². The van der Waals surface area contributed by atoms with Crippen LogP contribution in [0.2, 0.25) is 0 Å². The van der Waals surface area contributed by atoms with E-state index >= 15 is 0 Å². The summed E-state index contributed by atoms with van der Waals surface area (Å²) >= 11 is 0. The number of carbonyl (C=O) groups excluding carboxylic acids is 1. The van der Waals surface area contributed by atoms with Crippen molar-refractivity contribution in [3.63, 3.8) is 0 Å². The first-order valence-corrected chi connectivity index (χ1v) is 7.62. The SMILES string of the molecule is CC(COc1ccccc1)(OC(=O)c1ccccc1)n1ccnc1. The molecule has 1 heterocycles. The third-order valence-corrected chi connectivity index (χ3v) is 3.62. The van der Waals surface area contributed by atoms with Gasteiger partial charge in [-0.05, 0) is 31.2 Å². The third-order valence-electron chi connectivity index (χ3n) is 3.62. The number of carbonyl (C=O) groups is 1. The normalized spacial score (nSPS) is 13.0. The average molecular weight is 322 g/mol. The van der Waals surface area contributed by atoms with Crippen LogP contribution in [0, 0.1) is 0 Å². The fraction of sp³-hybridized carbons (Fsp3) is 0.158. The quantitative estimate of drug-likeness (QED) is 0.652. The smallest absolute Gasteiger partial charge is 0.340 e. The van der Waals surface area contributed by atoms with Crippen molar-refractivity contribution in [2.24, 2.45) is 0 Å². The molecule has 1 atom stereocenters. The second-order valence-corrected chi connectivity index (χ2v) is 5.50. The lowest BCUT2D eigenvalue weighted by Crippen LogP contribution is -2.40. The molecule has 2 aromatic carbocycles. The fourth-order valence-electron chi connectivity index (χ4n) is 2.26. The van der Waals surface area contributed by atoms with Gasteiger partial charge in [0, 0.05) is 12.4 Å². The molecule has 122 valence electrons. The van der Waals surface area contributed by atoms with Gasteiger partial charge in [-0.1, -0.05) is 36.4 Å². The molecule has 0 N–H and O–H groups in total. The number of nitrogens with zero attached hydrogens (tertiary/aromatic N) is 2. The number of ether oxygens (including phenoxy) is 2. The molecule has 0 aliphatic rings. The van der Waals surface area contributed by atoms with E-state index in [1.54, 1.807) is 54.5 Å². The molecule has 5 nitrogen and oxygen atoms in total. The van der Waals surface area contributed by atoms with E-state index in [0.717, 1.165) is 0 Å². The summed E-state index contributed by atoms with van der Waals surface area (Å²) in [6.07, 6.45) is 4.98. The highest BCUT2D eigenvalue weighted by Gasteiger charge is 2.32. The van der Waals surface area contributed by atoms with Crippen LogP contribution in [0.5, 0.6) is 5.75 Å². The lowest BCUT2D eigenvalue weighted by atomic mass is 10.2. The minimum atomic E-state index is -1.01. The topological polar surface area (TPSA) is 53.4 Å². The van der Waals surface area contributed by atoms with Crippen LogP contribution in [0.3, 0.4) is 0 Å². The zero-order valence-electron chi connectivity index (χ0n) is 13.3. The summed E-state index contributed by atoms with van der Waals surface area (Å²) in [5.74, 6) is 0.295. The van der Waals surface area contributed by atoms with Crippen molar-refractivity contribution in [1.82, 2.24) is 9.55 Å². The number of rotatable bonds is 6. The first-order chi connectivity index (χ1) is 11.7. The lowest BCUT2D eigenvalue weighted by Gasteiger charge is -2.30. The molecule has 24 heavy (non-hydrogen) atoms. The molecule has 0 spiro atoms. The predicted octanol–water partition coefficient (Wildman–Crippen LogP) is 3.49. The zero-order chi connectivity index (χ0) is 16.8. The molecule has 0 amide bonds. The Morgan fingerprint density at radius 1 is 1.08 bits per heavy atom. The molecule has 0 aliphatic heterocycles. The Kier molecular flexibility index (Phi) is 4.61. The Morgan fingerprint density at radius 2 is 1.75 bits per heavy atom. The summed E-state index contributed by atoms with van der Waals surface area (Å²) in [6, 6.07) is 18.3. The van der Waals surface area contributed by atoms with E-state index in [2.05, 4.69) is 4.98 Å². The van der Waals surface area contributed by atoms with Crippen LogP contribution in [-0.4, -0.2) is 22.1 Å². The van der Waals surface area contributed by atoms with Gasteiger partial charge in [0.05, 0.1) is 11.9 Å². The molecule has 1 aromatic heterocycles. The van der Waals surface area contributed by atoms with Crippen LogP contribution < -0.4 is 4.74 Å². The largest absolute Gasteiger partial charge is 0.487 e. The van der Waals surface area contributed by atoms with Crippen LogP contribution in [0.15, 0.2) is 79.4 Å². The first-order valence-electron chi connectivity index (χ1n) is 7.62. The zero-order valence-corrected chi connectivity index (χ0v) is 13.3. The van der Waals surface area contributed by atoms with Gasteiger partial charge < -0.3 is 9.47 Å². The minimum Gasteiger partial charge on any atom is -0.487 e. The van der Waals surface area contributed by atoms with Crippen molar-refractivity contribution in [3.05, 3.63) is 84.9 Å². The summed E-state index contributed by atoms with van der Waals surface area (Å²) in [4.78, 5) is 16.5. The van der Waals surface area contributed by atoms with Crippen molar-refractivity contribution >= 4 is 5.97 Å². The summed E-state index contributed by atoms with van der Waals surface area (Å²) in [5.41, 5.74) is -0.525. The molecule has 5 heteroatoms. The van der Waals surface area contributed by atoms with Gasteiger partial charge in [-0.2, -0.15) is 0 Å². The summed E-state index contributed by atoms with van der Waals surface area (Å²) in [5, 5.41) is 0. The maximum absolute atomic E-state index is 12.5. The Morgan fingerprint density at radius 3 is 2.38 bits per heavy atom.